The summed E-state index contributed by atoms with van der Waals surface area (Å²) in [5.41, 5.74) is 3.70. The molecular weight excluding hydrogens is 382 g/mol. The van der Waals surface area contributed by atoms with Crippen molar-refractivity contribution in [3.05, 3.63) is 92.5 Å². The molecule has 0 radical (unpaired) electrons. The molecule has 0 amide bonds. The van der Waals surface area contributed by atoms with Gasteiger partial charge in [0, 0.05) is 23.9 Å². The lowest BCUT2D eigenvalue weighted by Crippen LogP contribution is -2.23. The summed E-state index contributed by atoms with van der Waals surface area (Å²) in [5, 5.41) is 8.28. The van der Waals surface area contributed by atoms with Crippen molar-refractivity contribution < 1.29 is 4.74 Å². The van der Waals surface area contributed by atoms with Crippen molar-refractivity contribution in [3.8, 4) is 28.3 Å². The van der Waals surface area contributed by atoms with E-state index < -0.39 is 11.2 Å². The third-order valence-corrected chi connectivity index (χ3v) is 4.70. The fraction of sp³-hybridized carbons (Fsp3) is 0.136. The number of nitrogens with one attached hydrogen (secondary N) is 2. The Kier molecular flexibility index (Phi) is 5.21. The van der Waals surface area contributed by atoms with Crippen molar-refractivity contribution in [2.45, 2.75) is 13.3 Å². The van der Waals surface area contributed by atoms with E-state index in [1.165, 1.54) is 6.20 Å². The molecule has 8 heteroatoms. The molecule has 0 fully saturated rings. The average molecular weight is 401 g/mol. The van der Waals surface area contributed by atoms with Crippen molar-refractivity contribution in [3.63, 3.8) is 0 Å². The van der Waals surface area contributed by atoms with E-state index in [0.29, 0.717) is 17.8 Å². The van der Waals surface area contributed by atoms with Crippen LogP contribution in [0.3, 0.4) is 0 Å². The molecular formula is C22H19N5O3. The summed E-state index contributed by atoms with van der Waals surface area (Å²) in [5.74, 6) is 0.809. The topological polar surface area (TPSA) is 114 Å². The Morgan fingerprint density at radius 2 is 1.77 bits per heavy atom. The maximum absolute atomic E-state index is 12.1. The number of hydrogen-bond donors (Lipinski definition) is 2. The highest BCUT2D eigenvalue weighted by atomic mass is 16.5. The molecule has 0 aliphatic carbocycles. The number of methoxy groups -OCH3 is 1. The molecule has 0 saturated carbocycles. The number of ether oxygens (including phenoxy) is 1. The molecule has 3 aromatic heterocycles. The van der Waals surface area contributed by atoms with Gasteiger partial charge >= 0.3 is 5.69 Å². The monoisotopic (exact) mass is 401 g/mol. The van der Waals surface area contributed by atoms with Crippen molar-refractivity contribution in [2.75, 3.05) is 7.11 Å². The highest BCUT2D eigenvalue weighted by Gasteiger charge is 2.12. The molecule has 3 heterocycles. The van der Waals surface area contributed by atoms with Crippen LogP contribution in [-0.2, 0) is 6.42 Å². The van der Waals surface area contributed by atoms with E-state index in [2.05, 4.69) is 20.2 Å². The fourth-order valence-corrected chi connectivity index (χ4v) is 3.12. The number of nitrogens with zero attached hydrogens (tertiary/aromatic N) is 3. The molecule has 0 saturated heterocycles. The Hall–Kier alpha value is -4.07. The van der Waals surface area contributed by atoms with Crippen molar-refractivity contribution in [1.82, 2.24) is 25.1 Å². The Bertz CT molecular complexity index is 1310. The molecule has 0 aliphatic heterocycles. The number of rotatable bonds is 5. The SMILES string of the molecule is COc1ccc(Cc2cccc(-c3cc(-c4c[nH]c(=O)[nH]c4=O)nnc3C)n2)cc1. The third-order valence-electron chi connectivity index (χ3n) is 4.70. The maximum atomic E-state index is 12.1. The van der Waals surface area contributed by atoms with Crippen LogP contribution in [0.25, 0.3) is 22.5 Å². The lowest BCUT2D eigenvalue weighted by Gasteiger charge is -2.09. The van der Waals surface area contributed by atoms with E-state index in [1.54, 1.807) is 13.2 Å². The fourth-order valence-electron chi connectivity index (χ4n) is 3.12. The van der Waals surface area contributed by atoms with Crippen LogP contribution in [0.5, 0.6) is 5.75 Å². The molecule has 4 rings (SSSR count). The predicted octanol–water partition coefficient (Wildman–Crippen LogP) is 2.49. The van der Waals surface area contributed by atoms with Crippen LogP contribution in [0.2, 0.25) is 0 Å². The minimum absolute atomic E-state index is 0.234. The largest absolute Gasteiger partial charge is 0.497 e. The quantitative estimate of drug-likeness (QED) is 0.531. The zero-order valence-electron chi connectivity index (χ0n) is 16.5. The molecule has 0 spiro atoms. The van der Waals surface area contributed by atoms with Crippen LogP contribution < -0.4 is 16.0 Å². The second kappa shape index (κ2) is 8.12. The first-order chi connectivity index (χ1) is 14.5. The van der Waals surface area contributed by atoms with Gasteiger partial charge in [-0.1, -0.05) is 18.2 Å². The van der Waals surface area contributed by atoms with Crippen LogP contribution in [0, 0.1) is 6.92 Å². The first-order valence-electron chi connectivity index (χ1n) is 9.29. The van der Waals surface area contributed by atoms with Crippen LogP contribution in [0.15, 0.2) is 64.3 Å². The maximum Gasteiger partial charge on any atom is 0.325 e. The molecule has 0 atom stereocenters. The second-order valence-corrected chi connectivity index (χ2v) is 6.75. The van der Waals surface area contributed by atoms with Gasteiger partial charge in [-0.15, -0.1) is 5.10 Å². The molecule has 2 N–H and O–H groups in total. The molecule has 4 aromatic rings. The van der Waals surface area contributed by atoms with Gasteiger partial charge in [0.15, 0.2) is 0 Å². The molecule has 8 nitrogen and oxygen atoms in total. The normalized spacial score (nSPS) is 10.7. The lowest BCUT2D eigenvalue weighted by atomic mass is 10.1. The number of aromatic nitrogens is 5. The van der Waals surface area contributed by atoms with E-state index in [4.69, 9.17) is 9.72 Å². The summed E-state index contributed by atoms with van der Waals surface area (Å²) in [6.45, 7) is 1.83. The zero-order valence-corrected chi connectivity index (χ0v) is 16.5. The van der Waals surface area contributed by atoms with Gasteiger partial charge in [0.2, 0.25) is 0 Å². The van der Waals surface area contributed by atoms with Crippen molar-refractivity contribution in [1.29, 1.82) is 0 Å². The van der Waals surface area contributed by atoms with Crippen LogP contribution >= 0.6 is 0 Å². The first kappa shape index (κ1) is 19.3. The van der Waals surface area contributed by atoms with E-state index in [0.717, 1.165) is 28.3 Å². The Labute approximate surface area is 171 Å². The molecule has 0 aliphatic rings. The van der Waals surface area contributed by atoms with E-state index in [9.17, 15) is 9.59 Å². The Balaban J connectivity index is 1.69. The Morgan fingerprint density at radius 3 is 2.50 bits per heavy atom. The van der Waals surface area contributed by atoms with Gasteiger partial charge in [0.05, 0.1) is 24.1 Å². The molecule has 0 bridgehead atoms. The second-order valence-electron chi connectivity index (χ2n) is 6.75. The number of hydrogen-bond acceptors (Lipinski definition) is 6. The summed E-state index contributed by atoms with van der Waals surface area (Å²) in [4.78, 5) is 32.8. The zero-order chi connectivity index (χ0) is 21.1. The number of benzene rings is 1. The third kappa shape index (κ3) is 4.02. The molecule has 0 unspecified atom stereocenters. The Morgan fingerprint density at radius 1 is 0.967 bits per heavy atom. The summed E-state index contributed by atoms with van der Waals surface area (Å²) in [7, 11) is 1.64. The van der Waals surface area contributed by atoms with Gasteiger partial charge in [-0.3, -0.25) is 14.8 Å². The van der Waals surface area contributed by atoms with Gasteiger partial charge in [-0.2, -0.15) is 5.10 Å². The number of aromatic amines is 2. The summed E-state index contributed by atoms with van der Waals surface area (Å²) in [6.07, 6.45) is 2.00. The van der Waals surface area contributed by atoms with Gasteiger partial charge in [0.25, 0.3) is 5.56 Å². The summed E-state index contributed by atoms with van der Waals surface area (Å²) >= 11 is 0. The number of H-pyrrole nitrogens is 2. The van der Waals surface area contributed by atoms with Gasteiger partial charge in [-0.05, 0) is 42.8 Å². The number of aryl methyl sites for hydroxylation is 1. The minimum Gasteiger partial charge on any atom is -0.497 e. The smallest absolute Gasteiger partial charge is 0.325 e. The standard InChI is InChI=1S/C22H19N5O3/c1-13-17(11-20(27-26-13)18-12-23-22(29)25-21(18)28)19-5-3-4-15(24-19)10-14-6-8-16(30-2)9-7-14/h3-9,11-12H,10H2,1-2H3,(H2,23,25,28,29). The molecule has 1 aromatic carbocycles. The van der Waals surface area contributed by atoms with Gasteiger partial charge in [-0.25, -0.2) is 4.79 Å². The first-order valence-corrected chi connectivity index (χ1v) is 9.29. The molecule has 150 valence electrons. The van der Waals surface area contributed by atoms with E-state index in [-0.39, 0.29) is 5.56 Å². The van der Waals surface area contributed by atoms with Crippen molar-refractivity contribution in [2.24, 2.45) is 0 Å². The van der Waals surface area contributed by atoms with E-state index >= 15 is 0 Å². The predicted molar refractivity (Wildman–Crippen MR) is 112 cm³/mol. The van der Waals surface area contributed by atoms with Crippen LogP contribution in [0.4, 0.5) is 0 Å². The minimum atomic E-state index is -0.572. The van der Waals surface area contributed by atoms with Crippen molar-refractivity contribution >= 4 is 0 Å². The highest BCUT2D eigenvalue weighted by molar-refractivity contribution is 5.68. The summed E-state index contributed by atoms with van der Waals surface area (Å²) in [6, 6.07) is 15.4. The van der Waals surface area contributed by atoms with Crippen LogP contribution in [0.1, 0.15) is 17.0 Å². The number of pyridine rings is 1. The van der Waals surface area contributed by atoms with Gasteiger partial charge in [0.1, 0.15) is 11.4 Å². The average Bonchev–Trinajstić information content (AvgIpc) is 2.75. The van der Waals surface area contributed by atoms with E-state index in [1.807, 2.05) is 49.4 Å². The molecule has 30 heavy (non-hydrogen) atoms. The highest BCUT2D eigenvalue weighted by Crippen LogP contribution is 2.24. The lowest BCUT2D eigenvalue weighted by molar-refractivity contribution is 0.414. The summed E-state index contributed by atoms with van der Waals surface area (Å²) < 4.78 is 5.20. The van der Waals surface area contributed by atoms with Crippen LogP contribution in [-0.4, -0.2) is 32.3 Å². The van der Waals surface area contributed by atoms with Gasteiger partial charge < -0.3 is 9.72 Å².